The number of nitrogens with zero attached hydrogens (tertiary/aromatic N) is 2. The fourth-order valence-electron chi connectivity index (χ4n) is 1.41. The van der Waals surface area contributed by atoms with Gasteiger partial charge in [-0.05, 0) is 6.42 Å². The number of nitriles is 1. The van der Waals surface area contributed by atoms with E-state index in [4.69, 9.17) is 10.00 Å². The Balaban J connectivity index is 2.52. The fourth-order valence-corrected chi connectivity index (χ4v) is 1.41. The van der Waals surface area contributed by atoms with E-state index < -0.39 is 6.10 Å². The van der Waals surface area contributed by atoms with Crippen LogP contribution in [0.4, 0.5) is 0 Å². The van der Waals surface area contributed by atoms with Gasteiger partial charge in [0.25, 0.3) is 0 Å². The Kier molecular flexibility index (Phi) is 3.90. The second-order valence-electron chi connectivity index (χ2n) is 3.58. The van der Waals surface area contributed by atoms with Gasteiger partial charge in [0.15, 0.2) is 6.10 Å². The summed E-state index contributed by atoms with van der Waals surface area (Å²) in [4.78, 5) is 13.5. The Morgan fingerprint density at radius 2 is 2.50 bits per heavy atom. The largest absolute Gasteiger partial charge is 0.360 e. The molecule has 0 radical (unpaired) electrons. The zero-order valence-electron chi connectivity index (χ0n) is 8.69. The zero-order chi connectivity index (χ0) is 10.6. The average molecular weight is 196 g/mol. The van der Waals surface area contributed by atoms with Gasteiger partial charge in [-0.15, -0.1) is 0 Å². The standard InChI is InChI=1S/C10H16N2O2/c1-3-8(2)10(13)12-4-5-14-9(6-11)7-12/h8-9H,3-5,7H2,1-2H3. The second kappa shape index (κ2) is 4.97. The number of ether oxygens (including phenoxy) is 1. The lowest BCUT2D eigenvalue weighted by molar-refractivity contribution is -0.140. The van der Waals surface area contributed by atoms with Gasteiger partial charge in [-0.1, -0.05) is 13.8 Å². The molecule has 0 bridgehead atoms. The van der Waals surface area contributed by atoms with Crippen molar-refractivity contribution in [3.8, 4) is 6.07 Å². The smallest absolute Gasteiger partial charge is 0.225 e. The minimum Gasteiger partial charge on any atom is -0.360 e. The summed E-state index contributed by atoms with van der Waals surface area (Å²) < 4.78 is 5.17. The minimum atomic E-state index is -0.447. The van der Waals surface area contributed by atoms with Crippen molar-refractivity contribution >= 4 is 5.91 Å². The van der Waals surface area contributed by atoms with E-state index in [0.29, 0.717) is 19.7 Å². The molecule has 1 fully saturated rings. The van der Waals surface area contributed by atoms with E-state index in [1.807, 2.05) is 19.9 Å². The van der Waals surface area contributed by atoms with Gasteiger partial charge in [-0.2, -0.15) is 5.26 Å². The Morgan fingerprint density at radius 3 is 3.07 bits per heavy atom. The van der Waals surface area contributed by atoms with Crippen molar-refractivity contribution in [3.05, 3.63) is 0 Å². The van der Waals surface area contributed by atoms with E-state index in [-0.39, 0.29) is 11.8 Å². The summed E-state index contributed by atoms with van der Waals surface area (Å²) in [5.41, 5.74) is 0. The molecule has 0 saturated carbocycles. The summed E-state index contributed by atoms with van der Waals surface area (Å²) in [5.74, 6) is 0.184. The van der Waals surface area contributed by atoms with Crippen LogP contribution in [-0.2, 0) is 9.53 Å². The minimum absolute atomic E-state index is 0.0486. The maximum atomic E-state index is 11.8. The van der Waals surface area contributed by atoms with Crippen molar-refractivity contribution in [1.29, 1.82) is 5.26 Å². The van der Waals surface area contributed by atoms with E-state index in [2.05, 4.69) is 0 Å². The lowest BCUT2D eigenvalue weighted by Crippen LogP contribution is -2.46. The van der Waals surface area contributed by atoms with Crippen molar-refractivity contribution in [2.75, 3.05) is 19.7 Å². The van der Waals surface area contributed by atoms with Crippen LogP contribution in [0.15, 0.2) is 0 Å². The normalized spacial score (nSPS) is 24.1. The van der Waals surface area contributed by atoms with Crippen molar-refractivity contribution in [2.24, 2.45) is 5.92 Å². The highest BCUT2D eigenvalue weighted by atomic mass is 16.5. The molecule has 4 heteroatoms. The van der Waals surface area contributed by atoms with Gasteiger partial charge < -0.3 is 9.64 Å². The van der Waals surface area contributed by atoms with Gasteiger partial charge >= 0.3 is 0 Å². The molecule has 1 heterocycles. The first-order valence-corrected chi connectivity index (χ1v) is 4.99. The number of hydrogen-bond donors (Lipinski definition) is 0. The quantitative estimate of drug-likeness (QED) is 0.656. The predicted octanol–water partition coefficient (Wildman–Crippen LogP) is 0.783. The molecule has 0 aliphatic carbocycles. The second-order valence-corrected chi connectivity index (χ2v) is 3.58. The maximum absolute atomic E-state index is 11.8. The molecule has 14 heavy (non-hydrogen) atoms. The molecular weight excluding hydrogens is 180 g/mol. The van der Waals surface area contributed by atoms with Crippen LogP contribution in [0.3, 0.4) is 0 Å². The van der Waals surface area contributed by atoms with Crippen LogP contribution >= 0.6 is 0 Å². The number of rotatable bonds is 2. The summed E-state index contributed by atoms with van der Waals surface area (Å²) in [7, 11) is 0. The molecule has 4 nitrogen and oxygen atoms in total. The number of morpholine rings is 1. The van der Waals surface area contributed by atoms with Crippen molar-refractivity contribution < 1.29 is 9.53 Å². The maximum Gasteiger partial charge on any atom is 0.225 e. The summed E-state index contributed by atoms with van der Waals surface area (Å²) in [6.45, 7) is 5.41. The van der Waals surface area contributed by atoms with E-state index in [1.54, 1.807) is 4.90 Å². The number of hydrogen-bond acceptors (Lipinski definition) is 3. The number of amides is 1. The van der Waals surface area contributed by atoms with Crippen LogP contribution in [0.2, 0.25) is 0 Å². The third-order valence-corrected chi connectivity index (χ3v) is 2.56. The molecule has 0 aromatic rings. The van der Waals surface area contributed by atoms with Gasteiger partial charge in [0, 0.05) is 12.5 Å². The molecule has 78 valence electrons. The van der Waals surface area contributed by atoms with Gasteiger partial charge in [-0.3, -0.25) is 4.79 Å². The van der Waals surface area contributed by atoms with Crippen LogP contribution in [0.25, 0.3) is 0 Å². The molecule has 1 aliphatic heterocycles. The average Bonchev–Trinajstić information content (AvgIpc) is 2.27. The molecule has 0 aromatic heterocycles. The monoisotopic (exact) mass is 196 g/mol. The van der Waals surface area contributed by atoms with E-state index in [9.17, 15) is 4.79 Å². The van der Waals surface area contributed by atoms with Crippen LogP contribution in [0.5, 0.6) is 0 Å². The molecule has 2 atom stereocenters. The molecular formula is C10H16N2O2. The molecule has 1 rings (SSSR count). The van der Waals surface area contributed by atoms with Crippen LogP contribution in [0.1, 0.15) is 20.3 Å². The van der Waals surface area contributed by atoms with E-state index >= 15 is 0 Å². The highest BCUT2D eigenvalue weighted by molar-refractivity contribution is 5.78. The van der Waals surface area contributed by atoms with Crippen LogP contribution in [0, 0.1) is 17.2 Å². The topological polar surface area (TPSA) is 53.3 Å². The first kappa shape index (κ1) is 11.0. The SMILES string of the molecule is CCC(C)C(=O)N1CCOC(C#N)C1. The number of carbonyl (C=O) groups is 1. The molecule has 0 aromatic carbocycles. The Morgan fingerprint density at radius 1 is 1.79 bits per heavy atom. The molecule has 1 amide bonds. The summed E-state index contributed by atoms with van der Waals surface area (Å²) in [6, 6.07) is 2.03. The summed E-state index contributed by atoms with van der Waals surface area (Å²) >= 11 is 0. The highest BCUT2D eigenvalue weighted by Gasteiger charge is 2.26. The Hall–Kier alpha value is -1.08. The zero-order valence-corrected chi connectivity index (χ0v) is 8.69. The van der Waals surface area contributed by atoms with E-state index in [0.717, 1.165) is 6.42 Å². The van der Waals surface area contributed by atoms with Gasteiger partial charge in [-0.25, -0.2) is 0 Å². The highest BCUT2D eigenvalue weighted by Crippen LogP contribution is 2.11. The lowest BCUT2D eigenvalue weighted by Gasteiger charge is -2.31. The first-order chi connectivity index (χ1) is 6.69. The lowest BCUT2D eigenvalue weighted by atomic mass is 10.1. The summed E-state index contributed by atoms with van der Waals surface area (Å²) in [5, 5.41) is 8.67. The third kappa shape index (κ3) is 2.46. The van der Waals surface area contributed by atoms with Gasteiger partial charge in [0.05, 0.1) is 19.2 Å². The van der Waals surface area contributed by atoms with Crippen LogP contribution < -0.4 is 0 Å². The Bertz CT molecular complexity index is 247. The van der Waals surface area contributed by atoms with Gasteiger partial charge in [0.1, 0.15) is 0 Å². The molecule has 1 saturated heterocycles. The first-order valence-electron chi connectivity index (χ1n) is 4.99. The molecule has 2 unspecified atom stereocenters. The molecule has 1 aliphatic rings. The third-order valence-electron chi connectivity index (χ3n) is 2.56. The van der Waals surface area contributed by atoms with Crippen LogP contribution in [-0.4, -0.2) is 36.6 Å². The Labute approximate surface area is 84.4 Å². The van der Waals surface area contributed by atoms with Crippen molar-refractivity contribution in [2.45, 2.75) is 26.4 Å². The fraction of sp³-hybridized carbons (Fsp3) is 0.800. The molecule has 0 N–H and O–H groups in total. The summed E-state index contributed by atoms with van der Waals surface area (Å²) in [6.07, 6.45) is 0.393. The molecule has 0 spiro atoms. The van der Waals surface area contributed by atoms with Crippen molar-refractivity contribution in [3.63, 3.8) is 0 Å². The van der Waals surface area contributed by atoms with Crippen molar-refractivity contribution in [1.82, 2.24) is 4.90 Å². The number of carbonyl (C=O) groups excluding carboxylic acids is 1. The van der Waals surface area contributed by atoms with E-state index in [1.165, 1.54) is 0 Å². The predicted molar refractivity (Wildman–Crippen MR) is 51.4 cm³/mol. The van der Waals surface area contributed by atoms with Gasteiger partial charge in [0.2, 0.25) is 5.91 Å².